The minimum atomic E-state index is -4.34. The van der Waals surface area contributed by atoms with Crippen LogP contribution in [-0.4, -0.2) is 31.1 Å². The lowest BCUT2D eigenvalue weighted by atomic mass is 10.2. The summed E-state index contributed by atoms with van der Waals surface area (Å²) in [6, 6.07) is 3.45. The van der Waals surface area contributed by atoms with Gasteiger partial charge in [-0.1, -0.05) is 0 Å². The smallest absolute Gasteiger partial charge is 0.408 e. The van der Waals surface area contributed by atoms with Gasteiger partial charge in [-0.2, -0.15) is 18.3 Å². The quantitative estimate of drug-likeness (QED) is 0.744. The van der Waals surface area contributed by atoms with E-state index in [-0.39, 0.29) is 11.8 Å². The van der Waals surface area contributed by atoms with Crippen molar-refractivity contribution in [1.29, 1.82) is 0 Å². The molecule has 0 aliphatic carbocycles. The molecule has 0 amide bonds. The SMILES string of the molecule is Cc1c(-c2nnc(-c3cccnc3)o2)cnn1CC(F)(F)F. The molecule has 3 heterocycles. The van der Waals surface area contributed by atoms with Gasteiger partial charge in [0.1, 0.15) is 6.54 Å². The van der Waals surface area contributed by atoms with Crippen LogP contribution in [0.5, 0.6) is 0 Å². The molecule has 0 atom stereocenters. The van der Waals surface area contributed by atoms with Crippen LogP contribution < -0.4 is 0 Å². The van der Waals surface area contributed by atoms with Gasteiger partial charge in [0, 0.05) is 18.1 Å². The zero-order valence-corrected chi connectivity index (χ0v) is 11.4. The molecule has 6 nitrogen and oxygen atoms in total. The summed E-state index contributed by atoms with van der Waals surface area (Å²) in [5.41, 5.74) is 1.30. The number of rotatable bonds is 3. The van der Waals surface area contributed by atoms with Crippen molar-refractivity contribution in [1.82, 2.24) is 25.0 Å². The molecule has 0 radical (unpaired) electrons. The lowest BCUT2D eigenvalue weighted by Crippen LogP contribution is -2.19. The summed E-state index contributed by atoms with van der Waals surface area (Å²) in [6.07, 6.45) is 0.0920. The summed E-state index contributed by atoms with van der Waals surface area (Å²) >= 11 is 0. The second-order valence-electron chi connectivity index (χ2n) is 4.57. The van der Waals surface area contributed by atoms with Gasteiger partial charge in [0.15, 0.2) is 0 Å². The summed E-state index contributed by atoms with van der Waals surface area (Å²) in [4.78, 5) is 3.94. The molecule has 114 valence electrons. The van der Waals surface area contributed by atoms with Gasteiger partial charge < -0.3 is 4.42 Å². The Bertz CT molecular complexity index is 779. The van der Waals surface area contributed by atoms with E-state index in [9.17, 15) is 13.2 Å². The van der Waals surface area contributed by atoms with E-state index in [2.05, 4.69) is 20.3 Å². The van der Waals surface area contributed by atoms with Crippen molar-refractivity contribution in [2.24, 2.45) is 0 Å². The molecule has 22 heavy (non-hydrogen) atoms. The fourth-order valence-electron chi connectivity index (χ4n) is 1.92. The van der Waals surface area contributed by atoms with E-state index in [1.165, 1.54) is 13.1 Å². The van der Waals surface area contributed by atoms with Crippen molar-refractivity contribution >= 4 is 0 Å². The van der Waals surface area contributed by atoms with E-state index in [4.69, 9.17) is 4.42 Å². The average Bonchev–Trinajstić information content (AvgIpc) is 3.07. The molecule has 0 saturated carbocycles. The van der Waals surface area contributed by atoms with E-state index >= 15 is 0 Å². The lowest BCUT2D eigenvalue weighted by Gasteiger charge is -2.07. The van der Waals surface area contributed by atoms with Gasteiger partial charge in [-0.25, -0.2) is 0 Å². The van der Waals surface area contributed by atoms with Crippen molar-refractivity contribution in [3.8, 4) is 22.9 Å². The van der Waals surface area contributed by atoms with Crippen molar-refractivity contribution in [2.75, 3.05) is 0 Å². The van der Waals surface area contributed by atoms with Crippen LogP contribution in [0, 0.1) is 6.92 Å². The van der Waals surface area contributed by atoms with Gasteiger partial charge >= 0.3 is 6.18 Å². The maximum Gasteiger partial charge on any atom is 0.408 e. The first-order chi connectivity index (χ1) is 10.4. The highest BCUT2D eigenvalue weighted by molar-refractivity contribution is 5.58. The number of halogens is 3. The molecular weight excluding hydrogens is 299 g/mol. The second-order valence-corrected chi connectivity index (χ2v) is 4.57. The molecule has 0 aliphatic rings. The molecule has 0 spiro atoms. The molecule has 0 fully saturated rings. The number of hydrogen-bond donors (Lipinski definition) is 0. The predicted molar refractivity (Wildman–Crippen MR) is 69.5 cm³/mol. The third-order valence-electron chi connectivity index (χ3n) is 3.00. The molecule has 0 saturated heterocycles. The first-order valence-electron chi connectivity index (χ1n) is 6.27. The Morgan fingerprint density at radius 2 is 1.95 bits per heavy atom. The Labute approximate surface area is 122 Å². The zero-order valence-electron chi connectivity index (χ0n) is 11.4. The molecular formula is C13H10F3N5O. The highest BCUT2D eigenvalue weighted by Gasteiger charge is 2.30. The molecule has 9 heteroatoms. The molecule has 0 aliphatic heterocycles. The number of nitrogens with zero attached hydrogens (tertiary/aromatic N) is 5. The van der Waals surface area contributed by atoms with E-state index in [1.54, 1.807) is 24.5 Å². The molecule has 0 unspecified atom stereocenters. The van der Waals surface area contributed by atoms with Gasteiger partial charge in [0.2, 0.25) is 5.89 Å². The number of hydrogen-bond acceptors (Lipinski definition) is 5. The summed E-state index contributed by atoms with van der Waals surface area (Å²) in [5, 5.41) is 11.4. The third kappa shape index (κ3) is 2.83. The molecule has 0 aromatic carbocycles. The summed E-state index contributed by atoms with van der Waals surface area (Å²) < 4.78 is 43.7. The van der Waals surface area contributed by atoms with Gasteiger partial charge in [0.25, 0.3) is 5.89 Å². The Kier molecular flexibility index (Phi) is 3.39. The minimum Gasteiger partial charge on any atom is -0.416 e. The van der Waals surface area contributed by atoms with Crippen molar-refractivity contribution in [2.45, 2.75) is 19.6 Å². The minimum absolute atomic E-state index is 0.116. The van der Waals surface area contributed by atoms with Crippen LogP contribution in [0.25, 0.3) is 22.9 Å². The first kappa shape index (κ1) is 14.2. The molecule has 0 N–H and O–H groups in total. The lowest BCUT2D eigenvalue weighted by molar-refractivity contribution is -0.142. The van der Waals surface area contributed by atoms with Crippen LogP contribution in [0.4, 0.5) is 13.2 Å². The molecule has 3 rings (SSSR count). The predicted octanol–water partition coefficient (Wildman–Crippen LogP) is 2.87. The summed E-state index contributed by atoms with van der Waals surface area (Å²) in [5.74, 6) is 0.357. The van der Waals surface area contributed by atoms with Crippen molar-refractivity contribution in [3.05, 3.63) is 36.4 Å². The fraction of sp³-hybridized carbons (Fsp3) is 0.231. The zero-order chi connectivity index (χ0) is 15.7. The topological polar surface area (TPSA) is 69.6 Å². The fourth-order valence-corrected chi connectivity index (χ4v) is 1.92. The third-order valence-corrected chi connectivity index (χ3v) is 3.00. The molecule has 3 aromatic rings. The van der Waals surface area contributed by atoms with Crippen LogP contribution >= 0.6 is 0 Å². The van der Waals surface area contributed by atoms with Gasteiger partial charge in [0.05, 0.1) is 17.3 Å². The van der Waals surface area contributed by atoms with E-state index in [1.807, 2.05) is 0 Å². The normalized spacial score (nSPS) is 11.8. The summed E-state index contributed by atoms with van der Waals surface area (Å²) in [6.45, 7) is 0.352. The van der Waals surface area contributed by atoms with Gasteiger partial charge in [-0.3, -0.25) is 9.67 Å². The number of aromatic nitrogens is 5. The Balaban J connectivity index is 1.91. The van der Waals surface area contributed by atoms with Crippen LogP contribution in [0.3, 0.4) is 0 Å². The van der Waals surface area contributed by atoms with Gasteiger partial charge in [-0.05, 0) is 19.1 Å². The van der Waals surface area contributed by atoms with Crippen LogP contribution in [0.1, 0.15) is 5.69 Å². The highest BCUT2D eigenvalue weighted by atomic mass is 19.4. The maximum absolute atomic E-state index is 12.4. The van der Waals surface area contributed by atoms with E-state index in [0.717, 1.165) is 4.68 Å². The maximum atomic E-state index is 12.4. The Hall–Kier alpha value is -2.71. The van der Waals surface area contributed by atoms with Crippen LogP contribution in [0.2, 0.25) is 0 Å². The van der Waals surface area contributed by atoms with E-state index < -0.39 is 12.7 Å². The highest BCUT2D eigenvalue weighted by Crippen LogP contribution is 2.27. The average molecular weight is 309 g/mol. The summed E-state index contributed by atoms with van der Waals surface area (Å²) in [7, 11) is 0. The second kappa shape index (κ2) is 5.24. The largest absolute Gasteiger partial charge is 0.416 e. The molecule has 0 bridgehead atoms. The monoisotopic (exact) mass is 309 g/mol. The van der Waals surface area contributed by atoms with E-state index in [0.29, 0.717) is 16.8 Å². The van der Waals surface area contributed by atoms with Gasteiger partial charge in [-0.15, -0.1) is 10.2 Å². The number of alkyl halides is 3. The Morgan fingerprint density at radius 3 is 2.64 bits per heavy atom. The van der Waals surface area contributed by atoms with Crippen LogP contribution in [-0.2, 0) is 6.54 Å². The van der Waals surface area contributed by atoms with Crippen molar-refractivity contribution < 1.29 is 17.6 Å². The number of pyridine rings is 1. The standard InChI is InChI=1S/C13H10F3N5O/c1-8-10(6-18-21(8)7-13(14,15)16)12-20-19-11(22-12)9-3-2-4-17-5-9/h2-6H,7H2,1H3. The first-order valence-corrected chi connectivity index (χ1v) is 6.27. The van der Waals surface area contributed by atoms with Crippen LogP contribution in [0.15, 0.2) is 35.1 Å². The Morgan fingerprint density at radius 1 is 1.18 bits per heavy atom. The van der Waals surface area contributed by atoms with Crippen molar-refractivity contribution in [3.63, 3.8) is 0 Å². The molecule has 3 aromatic heterocycles.